The minimum atomic E-state index is -0.268. The smallest absolute Gasteiger partial charge is 0.154 e. The van der Waals surface area contributed by atoms with Gasteiger partial charge in [-0.2, -0.15) is 0 Å². The van der Waals surface area contributed by atoms with Crippen LogP contribution in [0.4, 0.5) is 0 Å². The van der Waals surface area contributed by atoms with E-state index in [1.165, 1.54) is 12.8 Å². The van der Waals surface area contributed by atoms with Gasteiger partial charge in [-0.3, -0.25) is 0 Å². The summed E-state index contributed by atoms with van der Waals surface area (Å²) in [5, 5.41) is 0. The molecule has 3 N–H and O–H groups in total. The quantitative estimate of drug-likeness (QED) is 0.835. The summed E-state index contributed by atoms with van der Waals surface area (Å²) in [5.41, 5.74) is 8.02. The van der Waals surface area contributed by atoms with Gasteiger partial charge in [0.1, 0.15) is 11.5 Å². The number of furan rings is 1. The minimum Gasteiger partial charge on any atom is -0.463 e. The highest BCUT2D eigenvalue weighted by atomic mass is 16.3. The molecule has 1 aliphatic carbocycles. The molecule has 1 aliphatic rings. The lowest BCUT2D eigenvalue weighted by Crippen LogP contribution is -2.34. The number of nitrogens with two attached hydrogens (primary N) is 1. The maximum absolute atomic E-state index is 6.39. The van der Waals surface area contributed by atoms with Crippen LogP contribution < -0.4 is 5.73 Å². The van der Waals surface area contributed by atoms with E-state index in [2.05, 4.69) is 9.97 Å². The zero-order chi connectivity index (χ0) is 11.9. The Morgan fingerprint density at radius 3 is 2.82 bits per heavy atom. The number of nitrogens with zero attached hydrogens (tertiary/aromatic N) is 1. The molecule has 1 fully saturated rings. The summed E-state index contributed by atoms with van der Waals surface area (Å²) in [6.07, 6.45) is 6.06. The number of imidazole rings is 1. The number of nitrogens with one attached hydrogen (secondary N) is 1. The lowest BCUT2D eigenvalue weighted by atomic mass is 9.99. The third-order valence-corrected chi connectivity index (χ3v) is 3.61. The van der Waals surface area contributed by atoms with Crippen LogP contribution in [0.15, 0.2) is 22.8 Å². The molecule has 0 amide bonds. The van der Waals surface area contributed by atoms with Crippen molar-refractivity contribution in [3.63, 3.8) is 0 Å². The summed E-state index contributed by atoms with van der Waals surface area (Å²) in [5.74, 6) is 1.70. The van der Waals surface area contributed by atoms with E-state index < -0.39 is 0 Å². The zero-order valence-electron chi connectivity index (χ0n) is 9.99. The molecule has 1 saturated carbocycles. The number of H-pyrrole nitrogens is 1. The number of aromatic amines is 1. The van der Waals surface area contributed by atoms with Gasteiger partial charge in [0.15, 0.2) is 5.76 Å². The van der Waals surface area contributed by atoms with Crippen molar-refractivity contribution in [2.75, 3.05) is 0 Å². The second kappa shape index (κ2) is 3.74. The van der Waals surface area contributed by atoms with E-state index >= 15 is 0 Å². The van der Waals surface area contributed by atoms with Crippen molar-refractivity contribution in [3.05, 3.63) is 29.9 Å². The fraction of sp³-hybridized carbons (Fsp3) is 0.462. The van der Waals surface area contributed by atoms with E-state index in [0.29, 0.717) is 0 Å². The molecular formula is C13H17N3O. The summed E-state index contributed by atoms with van der Waals surface area (Å²) in [6, 6.07) is 3.79. The van der Waals surface area contributed by atoms with Gasteiger partial charge < -0.3 is 15.1 Å². The maximum atomic E-state index is 6.39. The minimum absolute atomic E-state index is 0.268. The van der Waals surface area contributed by atoms with Crippen LogP contribution in [0.3, 0.4) is 0 Å². The highest BCUT2D eigenvalue weighted by Gasteiger charge is 2.34. The van der Waals surface area contributed by atoms with Crippen molar-refractivity contribution < 1.29 is 4.42 Å². The highest BCUT2D eigenvalue weighted by Crippen LogP contribution is 2.36. The second-order valence-electron chi connectivity index (χ2n) is 4.90. The first-order chi connectivity index (χ1) is 8.19. The van der Waals surface area contributed by atoms with Crippen LogP contribution in [0.5, 0.6) is 0 Å². The molecule has 2 aromatic heterocycles. The first-order valence-corrected chi connectivity index (χ1v) is 6.09. The Morgan fingerprint density at radius 1 is 1.41 bits per heavy atom. The molecule has 17 heavy (non-hydrogen) atoms. The molecule has 0 bridgehead atoms. The average molecular weight is 231 g/mol. The molecule has 4 nitrogen and oxygen atoms in total. The molecule has 0 spiro atoms. The van der Waals surface area contributed by atoms with Gasteiger partial charge in [-0.1, -0.05) is 12.8 Å². The van der Waals surface area contributed by atoms with E-state index in [0.717, 1.165) is 35.8 Å². The van der Waals surface area contributed by atoms with Gasteiger partial charge in [0.2, 0.25) is 0 Å². The first-order valence-electron chi connectivity index (χ1n) is 6.09. The Labute approximate surface area is 100 Å². The van der Waals surface area contributed by atoms with Crippen molar-refractivity contribution in [1.29, 1.82) is 0 Å². The normalized spacial score (nSPS) is 18.7. The number of hydrogen-bond donors (Lipinski definition) is 2. The molecular weight excluding hydrogens is 214 g/mol. The Morgan fingerprint density at radius 2 is 2.18 bits per heavy atom. The van der Waals surface area contributed by atoms with Crippen molar-refractivity contribution in [2.45, 2.75) is 38.1 Å². The predicted octanol–water partition coefficient (Wildman–Crippen LogP) is 2.71. The van der Waals surface area contributed by atoms with E-state index in [1.54, 1.807) is 6.26 Å². The topological polar surface area (TPSA) is 67.8 Å². The van der Waals surface area contributed by atoms with E-state index in [4.69, 9.17) is 10.2 Å². The molecule has 3 rings (SSSR count). The lowest BCUT2D eigenvalue weighted by molar-refractivity contribution is 0.435. The van der Waals surface area contributed by atoms with Crippen LogP contribution in [-0.2, 0) is 5.54 Å². The van der Waals surface area contributed by atoms with Gasteiger partial charge in [-0.15, -0.1) is 0 Å². The summed E-state index contributed by atoms with van der Waals surface area (Å²) >= 11 is 0. The fourth-order valence-corrected chi connectivity index (χ4v) is 2.59. The summed E-state index contributed by atoms with van der Waals surface area (Å²) in [4.78, 5) is 7.95. The Hall–Kier alpha value is -1.55. The summed E-state index contributed by atoms with van der Waals surface area (Å²) in [6.45, 7) is 2.01. The molecule has 0 radical (unpaired) electrons. The van der Waals surface area contributed by atoms with Crippen molar-refractivity contribution >= 4 is 0 Å². The predicted molar refractivity (Wildman–Crippen MR) is 65.4 cm³/mol. The second-order valence-corrected chi connectivity index (χ2v) is 4.90. The molecule has 0 atom stereocenters. The van der Waals surface area contributed by atoms with Gasteiger partial charge in [0.25, 0.3) is 0 Å². The van der Waals surface area contributed by atoms with Gasteiger partial charge in [0, 0.05) is 5.69 Å². The average Bonchev–Trinajstić information content (AvgIpc) is 2.97. The van der Waals surface area contributed by atoms with Gasteiger partial charge in [-0.25, -0.2) is 4.98 Å². The maximum Gasteiger partial charge on any atom is 0.154 e. The van der Waals surface area contributed by atoms with Gasteiger partial charge >= 0.3 is 0 Å². The van der Waals surface area contributed by atoms with Crippen LogP contribution in [0.2, 0.25) is 0 Å². The molecule has 2 heterocycles. The Balaban J connectivity index is 2.01. The van der Waals surface area contributed by atoms with Crippen LogP contribution in [-0.4, -0.2) is 9.97 Å². The van der Waals surface area contributed by atoms with E-state index in [-0.39, 0.29) is 5.54 Å². The lowest BCUT2D eigenvalue weighted by Gasteiger charge is -2.20. The standard InChI is InChI=1S/C13H17N3O/c1-9-11(10-5-4-8-17-10)16-12(15-9)13(14)6-2-3-7-13/h4-5,8H,2-3,6-7,14H2,1H3,(H,15,16). The first kappa shape index (κ1) is 10.6. The van der Waals surface area contributed by atoms with Crippen molar-refractivity contribution in [3.8, 4) is 11.5 Å². The molecule has 2 aromatic rings. The summed E-state index contributed by atoms with van der Waals surface area (Å²) < 4.78 is 5.39. The number of hydrogen-bond acceptors (Lipinski definition) is 3. The van der Waals surface area contributed by atoms with Gasteiger partial charge in [0.05, 0.1) is 11.8 Å². The van der Waals surface area contributed by atoms with Gasteiger partial charge in [-0.05, 0) is 31.9 Å². The molecule has 0 aliphatic heterocycles. The van der Waals surface area contributed by atoms with E-state index in [1.807, 2.05) is 19.1 Å². The van der Waals surface area contributed by atoms with Crippen LogP contribution in [0.1, 0.15) is 37.2 Å². The van der Waals surface area contributed by atoms with E-state index in [9.17, 15) is 0 Å². The third kappa shape index (κ3) is 1.69. The molecule has 0 saturated heterocycles. The van der Waals surface area contributed by atoms with Crippen molar-refractivity contribution in [1.82, 2.24) is 9.97 Å². The SMILES string of the molecule is Cc1[nH]c(C2(N)CCCC2)nc1-c1ccco1. The van der Waals surface area contributed by atoms with Crippen LogP contribution >= 0.6 is 0 Å². The highest BCUT2D eigenvalue weighted by molar-refractivity contribution is 5.55. The fourth-order valence-electron chi connectivity index (χ4n) is 2.59. The number of aromatic nitrogens is 2. The number of aryl methyl sites for hydroxylation is 1. The Bertz CT molecular complexity index is 507. The van der Waals surface area contributed by atoms with Crippen molar-refractivity contribution in [2.24, 2.45) is 5.73 Å². The largest absolute Gasteiger partial charge is 0.463 e. The number of rotatable bonds is 2. The van der Waals surface area contributed by atoms with Crippen LogP contribution in [0, 0.1) is 6.92 Å². The monoisotopic (exact) mass is 231 g/mol. The van der Waals surface area contributed by atoms with Crippen LogP contribution in [0.25, 0.3) is 11.5 Å². The molecule has 0 unspecified atom stereocenters. The molecule has 90 valence electrons. The third-order valence-electron chi connectivity index (χ3n) is 3.61. The molecule has 4 heteroatoms. The zero-order valence-corrected chi connectivity index (χ0v) is 9.99. The summed E-state index contributed by atoms with van der Waals surface area (Å²) in [7, 11) is 0. The molecule has 0 aromatic carbocycles. The Kier molecular flexibility index (Phi) is 2.33.